The zero-order valence-corrected chi connectivity index (χ0v) is 11.9. The van der Waals surface area contributed by atoms with Gasteiger partial charge in [-0.25, -0.2) is 9.10 Å². The van der Waals surface area contributed by atoms with Crippen molar-refractivity contribution in [2.45, 2.75) is 5.25 Å². The molecule has 2 amide bonds. The molecule has 0 bridgehead atoms. The molecule has 0 spiro atoms. The maximum atomic E-state index is 11.9. The molecule has 1 N–H and O–H groups in total. The number of nitrogens with one attached hydrogen (secondary N) is 1. The second-order valence-electron chi connectivity index (χ2n) is 3.41. The van der Waals surface area contributed by atoms with Gasteiger partial charge in [0.1, 0.15) is 0 Å². The van der Waals surface area contributed by atoms with E-state index < -0.39 is 0 Å². The molecule has 17 heavy (non-hydrogen) atoms. The standard InChI is InChI=1S/C11H10BrClN2OS/c12-7-10-4-5-15(17-10)11(16)14-9-3-1-2-8(13)6-9/h1-6,10H,7H2,(H,14,16). The highest BCUT2D eigenvalue weighted by Crippen LogP contribution is 2.28. The first-order valence-corrected chi connectivity index (χ1v) is 7.29. The SMILES string of the molecule is O=C(Nc1cccc(Cl)c1)N1C=CC(CBr)S1. The molecular formula is C11H10BrClN2OS. The first kappa shape index (κ1) is 12.8. The van der Waals surface area contributed by atoms with Crippen LogP contribution < -0.4 is 5.32 Å². The van der Waals surface area contributed by atoms with Gasteiger partial charge in [-0.05, 0) is 30.1 Å². The predicted octanol–water partition coefficient (Wildman–Crippen LogP) is 4.11. The van der Waals surface area contributed by atoms with Crippen molar-refractivity contribution in [3.63, 3.8) is 0 Å². The van der Waals surface area contributed by atoms with Crippen molar-refractivity contribution in [2.24, 2.45) is 0 Å². The van der Waals surface area contributed by atoms with Crippen LogP contribution in [0.2, 0.25) is 5.02 Å². The highest BCUT2D eigenvalue weighted by atomic mass is 79.9. The normalized spacial score (nSPS) is 18.5. The van der Waals surface area contributed by atoms with Gasteiger partial charge in [0.2, 0.25) is 0 Å². The van der Waals surface area contributed by atoms with Crippen molar-refractivity contribution in [1.82, 2.24) is 4.31 Å². The van der Waals surface area contributed by atoms with Crippen LogP contribution in [0.25, 0.3) is 0 Å². The van der Waals surface area contributed by atoms with Crippen molar-refractivity contribution in [1.29, 1.82) is 0 Å². The van der Waals surface area contributed by atoms with Crippen LogP contribution in [0.5, 0.6) is 0 Å². The van der Waals surface area contributed by atoms with Crippen LogP contribution in [0.1, 0.15) is 0 Å². The average Bonchev–Trinajstić information content (AvgIpc) is 2.77. The molecule has 0 saturated heterocycles. The summed E-state index contributed by atoms with van der Waals surface area (Å²) in [5.74, 6) is 0. The summed E-state index contributed by atoms with van der Waals surface area (Å²) in [6.07, 6.45) is 3.76. The van der Waals surface area contributed by atoms with Crippen LogP contribution >= 0.6 is 39.5 Å². The lowest BCUT2D eigenvalue weighted by atomic mass is 10.3. The Bertz CT molecular complexity index is 455. The Labute approximate surface area is 117 Å². The van der Waals surface area contributed by atoms with Gasteiger partial charge in [0.25, 0.3) is 0 Å². The molecule has 0 aromatic heterocycles. The number of nitrogens with zero attached hydrogens (tertiary/aromatic N) is 1. The fraction of sp³-hybridized carbons (Fsp3) is 0.182. The molecule has 6 heteroatoms. The first-order chi connectivity index (χ1) is 8.19. The Morgan fingerprint density at radius 3 is 3.06 bits per heavy atom. The maximum absolute atomic E-state index is 11.9. The summed E-state index contributed by atoms with van der Waals surface area (Å²) >= 11 is 10.7. The van der Waals surface area contributed by atoms with Gasteiger partial charge in [-0.15, -0.1) is 0 Å². The monoisotopic (exact) mass is 332 g/mol. The van der Waals surface area contributed by atoms with Crippen molar-refractivity contribution >= 4 is 51.2 Å². The van der Waals surface area contributed by atoms with Gasteiger partial charge in [0.15, 0.2) is 0 Å². The average molecular weight is 334 g/mol. The van der Waals surface area contributed by atoms with E-state index in [0.29, 0.717) is 16.0 Å². The van der Waals surface area contributed by atoms with Crippen LogP contribution in [0.3, 0.4) is 0 Å². The molecule has 0 fully saturated rings. The number of halogens is 2. The van der Waals surface area contributed by atoms with Crippen molar-refractivity contribution in [3.05, 3.63) is 41.6 Å². The summed E-state index contributed by atoms with van der Waals surface area (Å²) in [4.78, 5) is 11.9. The molecule has 2 rings (SSSR count). The summed E-state index contributed by atoms with van der Waals surface area (Å²) in [5, 5.41) is 4.52. The summed E-state index contributed by atoms with van der Waals surface area (Å²) < 4.78 is 1.58. The number of rotatable bonds is 2. The zero-order chi connectivity index (χ0) is 12.3. The summed E-state index contributed by atoms with van der Waals surface area (Å²) in [7, 11) is 0. The number of amides is 2. The second kappa shape index (κ2) is 5.80. The van der Waals surface area contributed by atoms with Gasteiger partial charge in [0, 0.05) is 22.2 Å². The number of carbonyl (C=O) groups is 1. The van der Waals surface area contributed by atoms with E-state index in [1.54, 1.807) is 34.8 Å². The minimum Gasteiger partial charge on any atom is -0.307 e. The minimum atomic E-state index is -0.169. The smallest absolute Gasteiger partial charge is 0.307 e. The summed E-state index contributed by atoms with van der Waals surface area (Å²) in [6.45, 7) is 0. The number of hydrogen-bond donors (Lipinski definition) is 1. The fourth-order valence-electron chi connectivity index (χ4n) is 1.33. The molecule has 0 saturated carbocycles. The Kier molecular flexibility index (Phi) is 4.36. The highest BCUT2D eigenvalue weighted by molar-refractivity contribution is 9.09. The minimum absolute atomic E-state index is 0.169. The fourth-order valence-corrected chi connectivity index (χ4v) is 2.86. The number of benzene rings is 1. The summed E-state index contributed by atoms with van der Waals surface area (Å²) in [5.41, 5.74) is 0.693. The van der Waals surface area contributed by atoms with Gasteiger partial charge in [-0.1, -0.05) is 39.7 Å². The lowest BCUT2D eigenvalue weighted by molar-refractivity contribution is 0.245. The van der Waals surface area contributed by atoms with Crippen LogP contribution in [-0.2, 0) is 0 Å². The van der Waals surface area contributed by atoms with Crippen molar-refractivity contribution < 1.29 is 4.79 Å². The molecule has 1 aromatic carbocycles. The molecule has 1 aliphatic rings. The second-order valence-corrected chi connectivity index (χ2v) is 5.70. The molecular weight excluding hydrogens is 324 g/mol. The molecule has 1 atom stereocenters. The molecule has 0 radical (unpaired) electrons. The Morgan fingerprint density at radius 2 is 2.41 bits per heavy atom. The van der Waals surface area contributed by atoms with Gasteiger partial charge in [-0.3, -0.25) is 0 Å². The van der Waals surface area contributed by atoms with Gasteiger partial charge in [-0.2, -0.15) is 0 Å². The van der Waals surface area contributed by atoms with Crippen molar-refractivity contribution in [3.8, 4) is 0 Å². The zero-order valence-electron chi connectivity index (χ0n) is 8.77. The number of carbonyl (C=O) groups excluding carboxylic acids is 1. The van der Waals surface area contributed by atoms with E-state index in [2.05, 4.69) is 21.2 Å². The maximum Gasteiger partial charge on any atom is 0.336 e. The Hall–Kier alpha value is -0.650. The number of urea groups is 1. The van der Waals surface area contributed by atoms with Crippen LogP contribution in [0.15, 0.2) is 36.5 Å². The van der Waals surface area contributed by atoms with E-state index >= 15 is 0 Å². The molecule has 1 aromatic rings. The summed E-state index contributed by atoms with van der Waals surface area (Å²) in [6, 6.07) is 6.91. The van der Waals surface area contributed by atoms with E-state index in [4.69, 9.17) is 11.6 Å². The molecule has 1 aliphatic heterocycles. The largest absolute Gasteiger partial charge is 0.336 e. The predicted molar refractivity (Wildman–Crippen MR) is 76.6 cm³/mol. The number of alkyl halides is 1. The van der Waals surface area contributed by atoms with Crippen LogP contribution in [0.4, 0.5) is 10.5 Å². The number of hydrogen-bond acceptors (Lipinski definition) is 2. The van der Waals surface area contributed by atoms with E-state index in [-0.39, 0.29) is 6.03 Å². The van der Waals surface area contributed by atoms with Gasteiger partial charge >= 0.3 is 6.03 Å². The number of anilines is 1. The van der Waals surface area contributed by atoms with Crippen LogP contribution in [-0.4, -0.2) is 20.9 Å². The molecule has 1 unspecified atom stereocenters. The van der Waals surface area contributed by atoms with Crippen molar-refractivity contribution in [2.75, 3.05) is 10.6 Å². The molecule has 0 aliphatic carbocycles. The van der Waals surface area contributed by atoms with Crippen LogP contribution in [0, 0.1) is 0 Å². The third kappa shape index (κ3) is 3.40. The van der Waals surface area contributed by atoms with Gasteiger partial charge < -0.3 is 5.32 Å². The van der Waals surface area contributed by atoms with E-state index in [1.807, 2.05) is 6.08 Å². The van der Waals surface area contributed by atoms with Gasteiger partial charge in [0.05, 0.1) is 5.25 Å². The molecule has 90 valence electrons. The Balaban J connectivity index is 1.96. The Morgan fingerprint density at radius 1 is 1.59 bits per heavy atom. The topological polar surface area (TPSA) is 32.3 Å². The third-order valence-corrected chi connectivity index (χ3v) is 4.58. The lowest BCUT2D eigenvalue weighted by Crippen LogP contribution is -2.24. The van der Waals surface area contributed by atoms with E-state index in [1.165, 1.54) is 11.9 Å². The molecule has 1 heterocycles. The van der Waals surface area contributed by atoms with E-state index in [0.717, 1.165) is 5.33 Å². The van der Waals surface area contributed by atoms with E-state index in [9.17, 15) is 4.79 Å². The molecule has 3 nitrogen and oxygen atoms in total. The quantitative estimate of drug-likeness (QED) is 0.652. The highest BCUT2D eigenvalue weighted by Gasteiger charge is 2.21. The third-order valence-electron chi connectivity index (χ3n) is 2.11. The first-order valence-electron chi connectivity index (χ1n) is 4.96. The lowest BCUT2D eigenvalue weighted by Gasteiger charge is -2.15.